The molecule has 2 N–H and O–H groups in total. The highest BCUT2D eigenvalue weighted by Crippen LogP contribution is 2.30. The van der Waals surface area contributed by atoms with Gasteiger partial charge in [-0.25, -0.2) is 4.98 Å². The average molecular weight is 385 g/mol. The van der Waals surface area contributed by atoms with Crippen molar-refractivity contribution in [1.82, 2.24) is 20.2 Å². The van der Waals surface area contributed by atoms with E-state index in [2.05, 4.69) is 15.6 Å². The Morgan fingerprint density at radius 2 is 2.00 bits per heavy atom. The maximum absolute atomic E-state index is 13.0. The number of nitrogens with one attached hydrogen (secondary N) is 2. The summed E-state index contributed by atoms with van der Waals surface area (Å²) in [5.74, 6) is -0.0535. The highest BCUT2D eigenvalue weighted by Gasteiger charge is 2.13. The molecule has 0 aliphatic heterocycles. The first-order chi connectivity index (χ1) is 13.1. The molecule has 0 spiro atoms. The maximum Gasteiger partial charge on any atom is 0.262 e. The SMILES string of the molecule is CNCCCNC(=O)CCn1cnc2scc(-c3ccc(C)cc3)c2c1=O. The van der Waals surface area contributed by atoms with Gasteiger partial charge in [-0.15, -0.1) is 11.3 Å². The number of aryl methyl sites for hydroxylation is 2. The van der Waals surface area contributed by atoms with Crippen molar-refractivity contribution in [3.63, 3.8) is 0 Å². The number of nitrogens with zero attached hydrogens (tertiary/aromatic N) is 2. The van der Waals surface area contributed by atoms with E-state index < -0.39 is 0 Å². The topological polar surface area (TPSA) is 76.0 Å². The number of amides is 1. The molecule has 2 aromatic heterocycles. The van der Waals surface area contributed by atoms with Crippen molar-refractivity contribution in [2.75, 3.05) is 20.1 Å². The van der Waals surface area contributed by atoms with Crippen molar-refractivity contribution < 1.29 is 4.79 Å². The molecule has 0 aliphatic carbocycles. The molecule has 0 bridgehead atoms. The van der Waals surface area contributed by atoms with Gasteiger partial charge in [-0.3, -0.25) is 14.2 Å². The fourth-order valence-electron chi connectivity index (χ4n) is 2.88. The molecule has 0 aliphatic rings. The second kappa shape index (κ2) is 8.92. The third-order valence-corrected chi connectivity index (χ3v) is 5.32. The minimum Gasteiger partial charge on any atom is -0.356 e. The summed E-state index contributed by atoms with van der Waals surface area (Å²) in [6.45, 7) is 3.85. The van der Waals surface area contributed by atoms with Gasteiger partial charge >= 0.3 is 0 Å². The fourth-order valence-corrected chi connectivity index (χ4v) is 3.78. The number of hydrogen-bond acceptors (Lipinski definition) is 5. The van der Waals surface area contributed by atoms with Gasteiger partial charge in [0.05, 0.1) is 11.7 Å². The quantitative estimate of drug-likeness (QED) is 0.585. The molecule has 2 heterocycles. The first kappa shape index (κ1) is 19.3. The molecular formula is C20H24N4O2S. The van der Waals surface area contributed by atoms with Crippen LogP contribution in [0.25, 0.3) is 21.3 Å². The van der Waals surface area contributed by atoms with Gasteiger partial charge in [0.15, 0.2) is 0 Å². The van der Waals surface area contributed by atoms with E-state index in [1.807, 2.05) is 43.6 Å². The van der Waals surface area contributed by atoms with Crippen molar-refractivity contribution in [3.05, 3.63) is 51.9 Å². The van der Waals surface area contributed by atoms with Gasteiger partial charge in [0.25, 0.3) is 5.56 Å². The van der Waals surface area contributed by atoms with Gasteiger partial charge in [0, 0.05) is 30.5 Å². The van der Waals surface area contributed by atoms with Crippen LogP contribution in [-0.2, 0) is 11.3 Å². The summed E-state index contributed by atoms with van der Waals surface area (Å²) in [7, 11) is 1.88. The van der Waals surface area contributed by atoms with Gasteiger partial charge in [0.2, 0.25) is 5.91 Å². The Labute approximate surface area is 162 Å². The number of benzene rings is 1. The van der Waals surface area contributed by atoms with Crippen LogP contribution >= 0.6 is 11.3 Å². The molecule has 1 amide bonds. The Morgan fingerprint density at radius 3 is 2.74 bits per heavy atom. The second-order valence-electron chi connectivity index (χ2n) is 6.50. The first-order valence-corrected chi connectivity index (χ1v) is 9.93. The molecule has 0 radical (unpaired) electrons. The Bertz CT molecular complexity index is 976. The molecule has 6 nitrogen and oxygen atoms in total. The van der Waals surface area contributed by atoms with Crippen molar-refractivity contribution in [3.8, 4) is 11.1 Å². The van der Waals surface area contributed by atoms with Gasteiger partial charge < -0.3 is 10.6 Å². The maximum atomic E-state index is 13.0. The predicted molar refractivity (Wildman–Crippen MR) is 110 cm³/mol. The molecule has 142 valence electrons. The van der Waals surface area contributed by atoms with Crippen LogP contribution in [0.3, 0.4) is 0 Å². The summed E-state index contributed by atoms with van der Waals surface area (Å²) < 4.78 is 1.53. The van der Waals surface area contributed by atoms with Gasteiger partial charge in [-0.1, -0.05) is 29.8 Å². The second-order valence-corrected chi connectivity index (χ2v) is 7.35. The van der Waals surface area contributed by atoms with E-state index in [4.69, 9.17) is 0 Å². The smallest absolute Gasteiger partial charge is 0.262 e. The molecule has 0 unspecified atom stereocenters. The Hall–Kier alpha value is -2.51. The Kier molecular flexibility index (Phi) is 6.36. The highest BCUT2D eigenvalue weighted by atomic mass is 32.1. The van der Waals surface area contributed by atoms with Crippen molar-refractivity contribution in [1.29, 1.82) is 0 Å². The molecule has 0 atom stereocenters. The fraction of sp³-hybridized carbons (Fsp3) is 0.350. The number of aromatic nitrogens is 2. The lowest BCUT2D eigenvalue weighted by Gasteiger charge is -2.07. The van der Waals surface area contributed by atoms with Crippen LogP contribution in [0.5, 0.6) is 0 Å². The number of thiophene rings is 1. The van der Waals surface area contributed by atoms with Crippen LogP contribution < -0.4 is 16.2 Å². The van der Waals surface area contributed by atoms with E-state index in [-0.39, 0.29) is 17.9 Å². The van der Waals surface area contributed by atoms with Crippen LogP contribution in [0.2, 0.25) is 0 Å². The third-order valence-electron chi connectivity index (χ3n) is 4.43. The lowest BCUT2D eigenvalue weighted by atomic mass is 10.1. The van der Waals surface area contributed by atoms with Gasteiger partial charge in [0.1, 0.15) is 4.83 Å². The van der Waals surface area contributed by atoms with E-state index in [0.29, 0.717) is 18.5 Å². The summed E-state index contributed by atoms with van der Waals surface area (Å²) >= 11 is 1.47. The molecular weight excluding hydrogens is 360 g/mol. The lowest BCUT2D eigenvalue weighted by molar-refractivity contribution is -0.121. The largest absolute Gasteiger partial charge is 0.356 e. The summed E-state index contributed by atoms with van der Waals surface area (Å²) in [4.78, 5) is 30.0. The zero-order valence-electron chi connectivity index (χ0n) is 15.6. The minimum atomic E-state index is -0.0974. The lowest BCUT2D eigenvalue weighted by Crippen LogP contribution is -2.29. The number of carbonyl (C=O) groups is 1. The monoisotopic (exact) mass is 384 g/mol. The third kappa shape index (κ3) is 4.61. The Balaban J connectivity index is 1.77. The van der Waals surface area contributed by atoms with Gasteiger partial charge in [-0.2, -0.15) is 0 Å². The molecule has 0 fully saturated rings. The van der Waals surface area contributed by atoms with E-state index in [9.17, 15) is 9.59 Å². The Morgan fingerprint density at radius 1 is 1.22 bits per heavy atom. The summed E-state index contributed by atoms with van der Waals surface area (Å²) in [5.41, 5.74) is 2.98. The van der Waals surface area contributed by atoms with Gasteiger partial charge in [-0.05, 0) is 32.5 Å². The molecule has 0 saturated heterocycles. The number of fused-ring (bicyclic) bond motifs is 1. The molecule has 27 heavy (non-hydrogen) atoms. The number of hydrogen-bond donors (Lipinski definition) is 2. The summed E-state index contributed by atoms with van der Waals surface area (Å²) in [5, 5.41) is 8.51. The van der Waals surface area contributed by atoms with E-state index in [1.54, 1.807) is 0 Å². The van der Waals surface area contributed by atoms with Crippen molar-refractivity contribution in [2.24, 2.45) is 0 Å². The van der Waals surface area contributed by atoms with Crippen LogP contribution in [0.15, 0.2) is 40.8 Å². The molecule has 1 aromatic carbocycles. The average Bonchev–Trinajstić information content (AvgIpc) is 3.10. The van der Waals surface area contributed by atoms with E-state index in [1.165, 1.54) is 27.8 Å². The first-order valence-electron chi connectivity index (χ1n) is 9.05. The van der Waals surface area contributed by atoms with Crippen LogP contribution in [-0.4, -0.2) is 35.6 Å². The van der Waals surface area contributed by atoms with E-state index in [0.717, 1.165) is 28.9 Å². The number of rotatable bonds is 8. The van der Waals surface area contributed by atoms with Crippen molar-refractivity contribution >= 4 is 27.5 Å². The zero-order valence-corrected chi connectivity index (χ0v) is 16.4. The molecule has 3 aromatic rings. The van der Waals surface area contributed by atoms with Crippen LogP contribution in [0.1, 0.15) is 18.4 Å². The molecule has 7 heteroatoms. The molecule has 3 rings (SSSR count). The summed E-state index contributed by atoms with van der Waals surface area (Å²) in [6, 6.07) is 8.11. The zero-order chi connectivity index (χ0) is 19.2. The van der Waals surface area contributed by atoms with Crippen LogP contribution in [0.4, 0.5) is 0 Å². The number of carbonyl (C=O) groups excluding carboxylic acids is 1. The standard InChI is InChI=1S/C20H24N4O2S/c1-14-4-6-15(7-5-14)16-12-27-19-18(16)20(26)24(13-23-19)11-8-17(25)22-10-3-9-21-2/h4-7,12-13,21H,3,8-11H2,1-2H3,(H,22,25). The van der Waals surface area contributed by atoms with Crippen LogP contribution in [0, 0.1) is 6.92 Å². The predicted octanol–water partition coefficient (Wildman–Crippen LogP) is 2.55. The van der Waals surface area contributed by atoms with E-state index >= 15 is 0 Å². The molecule has 0 saturated carbocycles. The van der Waals surface area contributed by atoms with Crippen molar-refractivity contribution in [2.45, 2.75) is 26.3 Å². The summed E-state index contributed by atoms with van der Waals surface area (Å²) in [6.07, 6.45) is 2.68. The highest BCUT2D eigenvalue weighted by molar-refractivity contribution is 7.17. The normalized spacial score (nSPS) is 11.0. The minimum absolute atomic E-state index is 0.0535.